The summed E-state index contributed by atoms with van der Waals surface area (Å²) in [5, 5.41) is 8.80. The number of hydrogen-bond donors (Lipinski definition) is 1. The summed E-state index contributed by atoms with van der Waals surface area (Å²) in [5.74, 6) is 0.278. The van der Waals surface area contributed by atoms with Gasteiger partial charge in [-0.05, 0) is 25.2 Å². The molecule has 1 N–H and O–H groups in total. The molecule has 1 aliphatic carbocycles. The van der Waals surface area contributed by atoms with Crippen LogP contribution in [0.1, 0.15) is 32.6 Å². The Balaban J connectivity index is 2.38. The van der Waals surface area contributed by atoms with Crippen molar-refractivity contribution in [2.75, 3.05) is 6.61 Å². The molecule has 1 saturated carbocycles. The van der Waals surface area contributed by atoms with Gasteiger partial charge in [0.15, 0.2) is 0 Å². The second-order valence-corrected chi connectivity index (χ2v) is 3.83. The average molecular weight is 156 g/mol. The van der Waals surface area contributed by atoms with E-state index in [9.17, 15) is 4.79 Å². The van der Waals surface area contributed by atoms with Crippen LogP contribution in [-0.2, 0) is 4.79 Å². The standard InChI is InChI=1S/C9H16O2/c1-8(6-10)5-9(7-11)3-2-4-9/h7-8,10H,2-6H2,1H3. The molecule has 1 unspecified atom stereocenters. The van der Waals surface area contributed by atoms with E-state index in [1.54, 1.807) is 0 Å². The zero-order valence-corrected chi connectivity index (χ0v) is 7.05. The Morgan fingerprint density at radius 2 is 2.27 bits per heavy atom. The number of aliphatic hydroxyl groups excluding tert-OH is 1. The highest BCUT2D eigenvalue weighted by Gasteiger charge is 2.37. The van der Waals surface area contributed by atoms with Crippen molar-refractivity contribution in [2.45, 2.75) is 32.6 Å². The third kappa shape index (κ3) is 1.80. The number of aldehydes is 1. The molecule has 0 aromatic rings. The van der Waals surface area contributed by atoms with Gasteiger partial charge < -0.3 is 9.90 Å². The average Bonchev–Trinajstić information content (AvgIpc) is 1.96. The molecule has 0 bridgehead atoms. The van der Waals surface area contributed by atoms with E-state index >= 15 is 0 Å². The predicted octanol–water partition coefficient (Wildman–Crippen LogP) is 1.37. The minimum absolute atomic E-state index is 0.0534. The van der Waals surface area contributed by atoms with Crippen molar-refractivity contribution in [1.82, 2.24) is 0 Å². The van der Waals surface area contributed by atoms with Crippen LogP contribution >= 0.6 is 0 Å². The van der Waals surface area contributed by atoms with Crippen molar-refractivity contribution in [3.05, 3.63) is 0 Å². The van der Waals surface area contributed by atoms with Gasteiger partial charge in [0.05, 0.1) is 0 Å². The molecule has 0 aromatic carbocycles. The molecule has 2 nitrogen and oxygen atoms in total. The minimum atomic E-state index is -0.0534. The van der Waals surface area contributed by atoms with E-state index in [2.05, 4.69) is 0 Å². The molecular formula is C9H16O2. The van der Waals surface area contributed by atoms with Gasteiger partial charge in [0, 0.05) is 12.0 Å². The first-order valence-electron chi connectivity index (χ1n) is 4.30. The topological polar surface area (TPSA) is 37.3 Å². The van der Waals surface area contributed by atoms with Crippen LogP contribution in [0.5, 0.6) is 0 Å². The van der Waals surface area contributed by atoms with Gasteiger partial charge in [-0.3, -0.25) is 0 Å². The molecule has 2 heteroatoms. The van der Waals surface area contributed by atoms with Gasteiger partial charge in [0.2, 0.25) is 0 Å². The SMILES string of the molecule is CC(CO)CC1(C=O)CCC1. The summed E-state index contributed by atoms with van der Waals surface area (Å²) in [5.41, 5.74) is -0.0534. The van der Waals surface area contributed by atoms with Crippen LogP contribution in [0.25, 0.3) is 0 Å². The van der Waals surface area contributed by atoms with E-state index in [4.69, 9.17) is 5.11 Å². The Labute approximate surface area is 67.6 Å². The van der Waals surface area contributed by atoms with Crippen LogP contribution in [0.3, 0.4) is 0 Å². The van der Waals surface area contributed by atoms with Crippen LogP contribution in [0.4, 0.5) is 0 Å². The molecule has 1 atom stereocenters. The lowest BCUT2D eigenvalue weighted by Crippen LogP contribution is -2.33. The van der Waals surface area contributed by atoms with Crippen molar-refractivity contribution >= 4 is 6.29 Å². The molecule has 0 saturated heterocycles. The van der Waals surface area contributed by atoms with E-state index in [1.807, 2.05) is 6.92 Å². The lowest BCUT2D eigenvalue weighted by Gasteiger charge is -2.38. The van der Waals surface area contributed by atoms with Gasteiger partial charge in [0.1, 0.15) is 6.29 Å². The van der Waals surface area contributed by atoms with E-state index in [0.29, 0.717) is 0 Å². The second-order valence-electron chi connectivity index (χ2n) is 3.83. The molecule has 0 aliphatic heterocycles. The van der Waals surface area contributed by atoms with E-state index < -0.39 is 0 Å². The number of aliphatic hydroxyl groups is 1. The Kier molecular flexibility index (Phi) is 2.66. The summed E-state index contributed by atoms with van der Waals surface area (Å²) in [7, 11) is 0. The highest BCUT2D eigenvalue weighted by molar-refractivity contribution is 5.60. The van der Waals surface area contributed by atoms with Crippen LogP contribution in [0, 0.1) is 11.3 Å². The fraction of sp³-hybridized carbons (Fsp3) is 0.889. The highest BCUT2D eigenvalue weighted by Crippen LogP contribution is 2.43. The lowest BCUT2D eigenvalue weighted by molar-refractivity contribution is -0.121. The highest BCUT2D eigenvalue weighted by atomic mass is 16.3. The Morgan fingerprint density at radius 1 is 1.64 bits per heavy atom. The van der Waals surface area contributed by atoms with Gasteiger partial charge in [-0.2, -0.15) is 0 Å². The molecular weight excluding hydrogens is 140 g/mol. The molecule has 1 rings (SSSR count). The van der Waals surface area contributed by atoms with Gasteiger partial charge in [0.25, 0.3) is 0 Å². The summed E-state index contributed by atoms with van der Waals surface area (Å²) in [6.07, 6.45) is 5.19. The number of rotatable bonds is 4. The quantitative estimate of drug-likeness (QED) is 0.624. The zero-order valence-electron chi connectivity index (χ0n) is 7.05. The monoisotopic (exact) mass is 156 g/mol. The molecule has 0 heterocycles. The normalized spacial score (nSPS) is 23.8. The Morgan fingerprint density at radius 3 is 2.55 bits per heavy atom. The fourth-order valence-corrected chi connectivity index (χ4v) is 1.76. The van der Waals surface area contributed by atoms with Crippen LogP contribution in [0.2, 0.25) is 0 Å². The maximum atomic E-state index is 10.7. The minimum Gasteiger partial charge on any atom is -0.396 e. The zero-order chi connectivity index (χ0) is 8.32. The van der Waals surface area contributed by atoms with Gasteiger partial charge in [-0.15, -0.1) is 0 Å². The fourth-order valence-electron chi connectivity index (χ4n) is 1.76. The largest absolute Gasteiger partial charge is 0.396 e. The summed E-state index contributed by atoms with van der Waals surface area (Å²) < 4.78 is 0. The maximum absolute atomic E-state index is 10.7. The Bertz CT molecular complexity index is 138. The van der Waals surface area contributed by atoms with Crippen molar-refractivity contribution in [3.8, 4) is 0 Å². The second kappa shape index (κ2) is 3.35. The summed E-state index contributed by atoms with van der Waals surface area (Å²) in [6.45, 7) is 2.19. The first kappa shape index (κ1) is 8.72. The molecule has 0 aromatic heterocycles. The van der Waals surface area contributed by atoms with E-state index in [-0.39, 0.29) is 17.9 Å². The molecule has 0 radical (unpaired) electrons. The number of hydrogen-bond acceptors (Lipinski definition) is 2. The lowest BCUT2D eigenvalue weighted by atomic mass is 9.65. The Hall–Kier alpha value is -0.370. The van der Waals surface area contributed by atoms with Crippen LogP contribution < -0.4 is 0 Å². The smallest absolute Gasteiger partial charge is 0.126 e. The van der Waals surface area contributed by atoms with Gasteiger partial charge in [-0.1, -0.05) is 13.3 Å². The summed E-state index contributed by atoms with van der Waals surface area (Å²) in [4.78, 5) is 10.7. The van der Waals surface area contributed by atoms with Crippen molar-refractivity contribution in [3.63, 3.8) is 0 Å². The molecule has 64 valence electrons. The number of carbonyl (C=O) groups is 1. The van der Waals surface area contributed by atoms with Gasteiger partial charge >= 0.3 is 0 Å². The molecule has 0 amide bonds. The first-order valence-corrected chi connectivity index (χ1v) is 4.30. The summed E-state index contributed by atoms with van der Waals surface area (Å²) in [6, 6.07) is 0. The van der Waals surface area contributed by atoms with E-state index in [0.717, 1.165) is 25.5 Å². The molecule has 1 fully saturated rings. The molecule has 1 aliphatic rings. The van der Waals surface area contributed by atoms with Crippen LogP contribution in [0.15, 0.2) is 0 Å². The van der Waals surface area contributed by atoms with Crippen molar-refractivity contribution in [2.24, 2.45) is 11.3 Å². The van der Waals surface area contributed by atoms with E-state index in [1.165, 1.54) is 6.42 Å². The molecule has 0 spiro atoms. The van der Waals surface area contributed by atoms with Gasteiger partial charge in [-0.25, -0.2) is 0 Å². The maximum Gasteiger partial charge on any atom is 0.126 e. The number of carbonyl (C=O) groups excluding carboxylic acids is 1. The summed E-state index contributed by atoms with van der Waals surface area (Å²) >= 11 is 0. The van der Waals surface area contributed by atoms with Crippen LogP contribution in [-0.4, -0.2) is 18.0 Å². The third-order valence-corrected chi connectivity index (χ3v) is 2.67. The first-order chi connectivity index (χ1) is 5.22. The predicted molar refractivity (Wildman–Crippen MR) is 43.2 cm³/mol. The molecule has 11 heavy (non-hydrogen) atoms. The van der Waals surface area contributed by atoms with Crippen molar-refractivity contribution in [1.29, 1.82) is 0 Å². The third-order valence-electron chi connectivity index (χ3n) is 2.67. The van der Waals surface area contributed by atoms with Crippen molar-refractivity contribution < 1.29 is 9.90 Å².